The van der Waals surface area contributed by atoms with E-state index in [1.54, 1.807) is 61.5 Å². The molecule has 4 aromatic rings. The van der Waals surface area contributed by atoms with Crippen molar-refractivity contribution < 1.29 is 19.5 Å². The zero-order valence-corrected chi connectivity index (χ0v) is 26.2. The maximum Gasteiger partial charge on any atom is 0.334 e. The molecule has 0 bridgehead atoms. The third-order valence-corrected chi connectivity index (χ3v) is 9.30. The Hall–Kier alpha value is -5.00. The number of hydrazine groups is 1. The molecule has 11 heteroatoms. The van der Waals surface area contributed by atoms with Gasteiger partial charge in [-0.1, -0.05) is 66.7 Å². The van der Waals surface area contributed by atoms with Crippen molar-refractivity contribution in [3.05, 3.63) is 120 Å². The molecule has 10 nitrogen and oxygen atoms in total. The number of benzene rings is 3. The summed E-state index contributed by atoms with van der Waals surface area (Å²) in [6.45, 7) is 8.56. The monoisotopic (exact) mass is 636 g/mol. The zero-order chi connectivity index (χ0) is 32.2. The van der Waals surface area contributed by atoms with E-state index in [0.29, 0.717) is 13.0 Å². The van der Waals surface area contributed by atoms with Gasteiger partial charge in [0.05, 0.1) is 28.3 Å². The average molecular weight is 637 g/mol. The molecule has 1 aromatic heterocycles. The zero-order valence-electron chi connectivity index (χ0n) is 25.4. The van der Waals surface area contributed by atoms with Gasteiger partial charge in [-0.25, -0.2) is 19.8 Å². The second-order valence-corrected chi connectivity index (χ2v) is 12.5. The van der Waals surface area contributed by atoms with Gasteiger partial charge in [-0.3, -0.25) is 9.59 Å². The van der Waals surface area contributed by atoms with Crippen molar-refractivity contribution in [1.29, 1.82) is 0 Å². The van der Waals surface area contributed by atoms with Crippen molar-refractivity contribution in [2.24, 2.45) is 0 Å². The van der Waals surface area contributed by atoms with Crippen LogP contribution in [0.3, 0.4) is 0 Å². The molecule has 2 fully saturated rings. The summed E-state index contributed by atoms with van der Waals surface area (Å²) in [7, 11) is 0. The van der Waals surface area contributed by atoms with E-state index in [9.17, 15) is 19.5 Å². The van der Waals surface area contributed by atoms with Crippen LogP contribution in [0.1, 0.15) is 21.7 Å². The molecule has 46 heavy (non-hydrogen) atoms. The van der Waals surface area contributed by atoms with E-state index in [0.717, 1.165) is 31.9 Å². The van der Waals surface area contributed by atoms with E-state index in [1.807, 2.05) is 54.6 Å². The molecular weight excluding hydrogens is 600 g/mol. The Labute approximate surface area is 271 Å². The summed E-state index contributed by atoms with van der Waals surface area (Å²) in [4.78, 5) is 50.3. The number of hydrogen-bond donors (Lipinski definition) is 2. The Morgan fingerprint density at radius 1 is 1.00 bits per heavy atom. The molecule has 0 radical (unpaired) electrons. The fourth-order valence-electron chi connectivity index (χ4n) is 6.15. The highest BCUT2D eigenvalue weighted by molar-refractivity contribution is 7.18. The maximum atomic E-state index is 14.3. The maximum absolute atomic E-state index is 14.3. The normalized spacial score (nSPS) is 18.5. The molecule has 2 N–H and O–H groups in total. The minimum absolute atomic E-state index is 0.0785. The molecule has 2 aliphatic rings. The van der Waals surface area contributed by atoms with Crippen LogP contribution in [0.25, 0.3) is 10.2 Å². The van der Waals surface area contributed by atoms with E-state index in [2.05, 4.69) is 18.5 Å². The number of nitrogens with one attached hydrogen (secondary N) is 1. The predicted octanol–water partition coefficient (Wildman–Crippen LogP) is 4.47. The molecule has 3 aromatic carbocycles. The number of phenolic OH excluding ortho intramolecular Hbond substituents is 1. The van der Waals surface area contributed by atoms with Crippen molar-refractivity contribution in [2.45, 2.75) is 38.1 Å². The van der Waals surface area contributed by atoms with Crippen molar-refractivity contribution in [2.75, 3.05) is 19.6 Å². The molecule has 2 atom stereocenters. The quantitative estimate of drug-likeness (QED) is 0.249. The van der Waals surface area contributed by atoms with Crippen LogP contribution < -0.4 is 5.32 Å². The molecule has 236 valence electrons. The van der Waals surface area contributed by atoms with E-state index >= 15 is 0 Å². The topological polar surface area (TPSA) is 109 Å². The van der Waals surface area contributed by atoms with Gasteiger partial charge in [0.15, 0.2) is 0 Å². The van der Waals surface area contributed by atoms with Crippen molar-refractivity contribution in [3.63, 3.8) is 0 Å². The predicted molar refractivity (Wildman–Crippen MR) is 177 cm³/mol. The number of carbonyl (C=O) groups excluding carboxylic acids is 3. The fourth-order valence-corrected chi connectivity index (χ4v) is 7.16. The van der Waals surface area contributed by atoms with E-state index < -0.39 is 12.2 Å². The molecule has 2 aliphatic heterocycles. The standard InChI is InChI=1S/C35H36N6O4S/c1-3-9-30-37-33-26(12-8-13-29(33)46-30)21-38-22-31-40(28(34(38)44)19-24-14-16-27(42)17-15-24)32(43)23-39(18-4-2)41(31)35(45)36-20-25-10-6-5-7-11-25/h3-8,10-17,28,31,42H,1-2,9,18-23H2,(H,36,45)/t28-,31-/m0/s1. The highest BCUT2D eigenvalue weighted by atomic mass is 32.1. The van der Waals surface area contributed by atoms with Crippen LogP contribution in [0.2, 0.25) is 0 Å². The molecule has 0 aliphatic carbocycles. The summed E-state index contributed by atoms with van der Waals surface area (Å²) in [6.07, 6.45) is 3.59. The smallest absolute Gasteiger partial charge is 0.334 e. The molecule has 0 saturated carbocycles. The van der Waals surface area contributed by atoms with Crippen LogP contribution in [0, 0.1) is 0 Å². The van der Waals surface area contributed by atoms with Gasteiger partial charge in [0.25, 0.3) is 0 Å². The summed E-state index contributed by atoms with van der Waals surface area (Å²) < 4.78 is 1.02. The minimum atomic E-state index is -0.864. The van der Waals surface area contributed by atoms with Gasteiger partial charge < -0.3 is 20.2 Å². The van der Waals surface area contributed by atoms with Gasteiger partial charge in [-0.05, 0) is 34.9 Å². The average Bonchev–Trinajstić information content (AvgIpc) is 3.47. The highest BCUT2D eigenvalue weighted by Crippen LogP contribution is 2.32. The van der Waals surface area contributed by atoms with Gasteiger partial charge in [-0.2, -0.15) is 0 Å². The Morgan fingerprint density at radius 3 is 2.52 bits per heavy atom. The number of hydrogen-bond acceptors (Lipinski definition) is 7. The third-order valence-electron chi connectivity index (χ3n) is 8.26. The Bertz CT molecular complexity index is 1760. The fraction of sp³-hybridized carbons (Fsp3) is 0.257. The molecule has 4 amide bonds. The van der Waals surface area contributed by atoms with Gasteiger partial charge in [0.2, 0.25) is 11.8 Å². The molecule has 3 heterocycles. The van der Waals surface area contributed by atoms with Crippen LogP contribution in [0.15, 0.2) is 98.1 Å². The number of phenols is 1. The third kappa shape index (κ3) is 6.37. The van der Waals surface area contributed by atoms with Crippen LogP contribution >= 0.6 is 11.3 Å². The lowest BCUT2D eigenvalue weighted by Gasteiger charge is -2.55. The Morgan fingerprint density at radius 2 is 1.78 bits per heavy atom. The van der Waals surface area contributed by atoms with Gasteiger partial charge in [-0.15, -0.1) is 24.5 Å². The second kappa shape index (κ2) is 13.6. The van der Waals surface area contributed by atoms with Gasteiger partial charge >= 0.3 is 6.03 Å². The number of nitrogens with zero attached hydrogens (tertiary/aromatic N) is 5. The Balaban J connectivity index is 1.37. The van der Waals surface area contributed by atoms with Crippen LogP contribution in [0.4, 0.5) is 4.79 Å². The molecule has 0 unspecified atom stereocenters. The van der Waals surface area contributed by atoms with E-state index in [1.165, 1.54) is 0 Å². The number of para-hydroxylation sites is 1. The number of carbonyl (C=O) groups is 3. The molecular formula is C35H36N6O4S. The first-order chi connectivity index (χ1) is 22.4. The molecule has 6 rings (SSSR count). The number of thiazole rings is 1. The number of amides is 4. The summed E-state index contributed by atoms with van der Waals surface area (Å²) in [6, 6.07) is 20.9. The summed E-state index contributed by atoms with van der Waals surface area (Å²) in [5.41, 5.74) is 3.45. The lowest BCUT2D eigenvalue weighted by Crippen LogP contribution is -2.76. The van der Waals surface area contributed by atoms with Crippen molar-refractivity contribution in [1.82, 2.24) is 30.1 Å². The number of piperazine rings is 1. The number of rotatable bonds is 10. The second-order valence-electron chi connectivity index (χ2n) is 11.4. The lowest BCUT2D eigenvalue weighted by molar-refractivity contribution is -0.189. The van der Waals surface area contributed by atoms with Crippen molar-refractivity contribution >= 4 is 39.4 Å². The summed E-state index contributed by atoms with van der Waals surface area (Å²) >= 11 is 1.60. The van der Waals surface area contributed by atoms with Gasteiger partial charge in [0, 0.05) is 32.5 Å². The van der Waals surface area contributed by atoms with E-state index in [4.69, 9.17) is 4.98 Å². The van der Waals surface area contributed by atoms with Crippen LogP contribution in [0.5, 0.6) is 5.75 Å². The van der Waals surface area contributed by atoms with Crippen LogP contribution in [-0.4, -0.2) is 79.6 Å². The first-order valence-corrected chi connectivity index (χ1v) is 16.0. The summed E-state index contributed by atoms with van der Waals surface area (Å²) in [5, 5.41) is 17.1. The number of aromatic hydroxyl groups is 1. The van der Waals surface area contributed by atoms with Gasteiger partial charge in [0.1, 0.15) is 18.0 Å². The molecule has 0 spiro atoms. The summed E-state index contributed by atoms with van der Waals surface area (Å²) in [5.74, 6) is -0.342. The molecule has 2 saturated heterocycles. The SMILES string of the molecule is C=CCc1nc2c(CN3C[C@H]4N(C(=O)CN(CC=C)N4C(=O)NCc4ccccc4)[C@@H](Cc4ccc(O)cc4)C3=O)cccc2s1. The van der Waals surface area contributed by atoms with E-state index in [-0.39, 0.29) is 56.2 Å². The number of allylic oxidation sites excluding steroid dienone is 1. The number of urea groups is 1. The lowest BCUT2D eigenvalue weighted by atomic mass is 9.98. The van der Waals surface area contributed by atoms with Crippen LogP contribution in [-0.2, 0) is 35.5 Å². The van der Waals surface area contributed by atoms with Crippen molar-refractivity contribution in [3.8, 4) is 5.75 Å². The number of fused-ring (bicyclic) bond motifs is 2. The Kier molecular flexibility index (Phi) is 9.13. The largest absolute Gasteiger partial charge is 0.508 e. The first-order valence-electron chi connectivity index (χ1n) is 15.2. The highest BCUT2D eigenvalue weighted by Gasteiger charge is 2.51. The minimum Gasteiger partial charge on any atom is -0.508 e. The first kappa shape index (κ1) is 31.0. The number of aromatic nitrogens is 1.